The summed E-state index contributed by atoms with van der Waals surface area (Å²) < 4.78 is 0. The van der Waals surface area contributed by atoms with Gasteiger partial charge in [0.15, 0.2) is 11.5 Å². The molecular weight excluding hydrogens is 240 g/mol. The van der Waals surface area contributed by atoms with Crippen LogP contribution < -0.4 is 0 Å². The molecule has 2 aromatic rings. The van der Waals surface area contributed by atoms with Crippen LogP contribution in [0.5, 0.6) is 17.2 Å². The fraction of sp³-hybridized carbons (Fsp3) is 0.250. The third-order valence-corrected chi connectivity index (χ3v) is 3.39. The molecule has 0 bridgehead atoms. The molecule has 0 aliphatic carbocycles. The van der Waals surface area contributed by atoms with Crippen molar-refractivity contribution < 1.29 is 15.3 Å². The lowest BCUT2D eigenvalue weighted by Gasteiger charge is -2.17. The van der Waals surface area contributed by atoms with Gasteiger partial charge in [-0.1, -0.05) is 44.2 Å². The first kappa shape index (κ1) is 13.3. The molecule has 0 aliphatic heterocycles. The summed E-state index contributed by atoms with van der Waals surface area (Å²) in [5, 5.41) is 30.5. The van der Waals surface area contributed by atoms with Gasteiger partial charge in [-0.3, -0.25) is 0 Å². The lowest BCUT2D eigenvalue weighted by atomic mass is 9.92. The standard InChI is InChI=1S/C16H18O3/c1-3-11-13(10-8-6-5-7-9-10)16(19)15(18)12(4-2)14(11)17/h5-9,17-19H,3-4H2,1-2H3. The van der Waals surface area contributed by atoms with E-state index < -0.39 is 0 Å². The first-order valence-corrected chi connectivity index (χ1v) is 6.45. The third kappa shape index (κ3) is 2.12. The van der Waals surface area contributed by atoms with E-state index in [2.05, 4.69) is 0 Å². The van der Waals surface area contributed by atoms with Crippen molar-refractivity contribution in [3.63, 3.8) is 0 Å². The molecule has 19 heavy (non-hydrogen) atoms. The number of hydrogen-bond acceptors (Lipinski definition) is 3. The van der Waals surface area contributed by atoms with Gasteiger partial charge in [0.05, 0.1) is 0 Å². The van der Waals surface area contributed by atoms with Gasteiger partial charge in [-0.15, -0.1) is 0 Å². The molecule has 0 heterocycles. The zero-order valence-electron chi connectivity index (χ0n) is 11.1. The fourth-order valence-corrected chi connectivity index (χ4v) is 2.41. The fourth-order valence-electron chi connectivity index (χ4n) is 2.41. The summed E-state index contributed by atoms with van der Waals surface area (Å²) in [5.74, 6) is -0.298. The Bertz CT molecular complexity index is 589. The summed E-state index contributed by atoms with van der Waals surface area (Å²) in [6, 6.07) is 9.29. The van der Waals surface area contributed by atoms with E-state index in [0.717, 1.165) is 5.56 Å². The van der Waals surface area contributed by atoms with Crippen LogP contribution in [0.15, 0.2) is 30.3 Å². The molecule has 0 amide bonds. The number of benzene rings is 2. The summed E-state index contributed by atoms with van der Waals surface area (Å²) >= 11 is 0. The van der Waals surface area contributed by atoms with Crippen molar-refractivity contribution in [1.82, 2.24) is 0 Å². The summed E-state index contributed by atoms with van der Waals surface area (Å²) in [4.78, 5) is 0. The Morgan fingerprint density at radius 2 is 1.32 bits per heavy atom. The zero-order valence-corrected chi connectivity index (χ0v) is 11.1. The summed E-state index contributed by atoms with van der Waals surface area (Å²) in [5.41, 5.74) is 2.35. The monoisotopic (exact) mass is 258 g/mol. The highest BCUT2D eigenvalue weighted by molar-refractivity contribution is 5.81. The maximum atomic E-state index is 10.3. The van der Waals surface area contributed by atoms with Crippen LogP contribution in [0, 0.1) is 0 Å². The van der Waals surface area contributed by atoms with Gasteiger partial charge >= 0.3 is 0 Å². The molecule has 3 heteroatoms. The molecule has 0 unspecified atom stereocenters. The highest BCUT2D eigenvalue weighted by Gasteiger charge is 2.22. The van der Waals surface area contributed by atoms with Crippen LogP contribution in [0.2, 0.25) is 0 Å². The highest BCUT2D eigenvalue weighted by atomic mass is 16.3. The number of phenolic OH excluding ortho intramolecular Hbond substituents is 3. The van der Waals surface area contributed by atoms with E-state index in [0.29, 0.717) is 29.5 Å². The van der Waals surface area contributed by atoms with E-state index in [1.54, 1.807) is 0 Å². The zero-order chi connectivity index (χ0) is 14.0. The van der Waals surface area contributed by atoms with Crippen molar-refractivity contribution in [2.45, 2.75) is 26.7 Å². The topological polar surface area (TPSA) is 60.7 Å². The quantitative estimate of drug-likeness (QED) is 0.582. The Morgan fingerprint density at radius 1 is 0.737 bits per heavy atom. The van der Waals surface area contributed by atoms with E-state index in [4.69, 9.17) is 0 Å². The molecule has 0 fully saturated rings. The Kier molecular flexibility index (Phi) is 3.65. The van der Waals surface area contributed by atoms with Crippen LogP contribution in [-0.4, -0.2) is 15.3 Å². The average molecular weight is 258 g/mol. The minimum atomic E-state index is -0.226. The lowest BCUT2D eigenvalue weighted by molar-refractivity contribution is 0.389. The largest absolute Gasteiger partial charge is 0.507 e. The molecule has 0 atom stereocenters. The van der Waals surface area contributed by atoms with Gasteiger partial charge in [0.25, 0.3) is 0 Å². The van der Waals surface area contributed by atoms with Crippen LogP contribution in [-0.2, 0) is 12.8 Å². The first-order chi connectivity index (χ1) is 9.11. The van der Waals surface area contributed by atoms with Gasteiger partial charge in [0.1, 0.15) is 5.75 Å². The second kappa shape index (κ2) is 5.22. The Hall–Kier alpha value is -2.16. The molecule has 3 N–H and O–H groups in total. The van der Waals surface area contributed by atoms with E-state index in [1.165, 1.54) is 0 Å². The predicted molar refractivity (Wildman–Crippen MR) is 75.6 cm³/mol. The maximum absolute atomic E-state index is 10.3. The van der Waals surface area contributed by atoms with E-state index in [9.17, 15) is 15.3 Å². The van der Waals surface area contributed by atoms with Crippen LogP contribution in [0.4, 0.5) is 0 Å². The SMILES string of the molecule is CCc1c(O)c(O)c(-c2ccccc2)c(CC)c1O. The maximum Gasteiger partial charge on any atom is 0.166 e. The molecule has 100 valence electrons. The van der Waals surface area contributed by atoms with E-state index in [-0.39, 0.29) is 17.2 Å². The van der Waals surface area contributed by atoms with Gasteiger partial charge in [0, 0.05) is 16.7 Å². The van der Waals surface area contributed by atoms with Gasteiger partial charge in [-0.2, -0.15) is 0 Å². The molecule has 0 aromatic heterocycles. The number of phenols is 3. The Balaban J connectivity index is 2.81. The van der Waals surface area contributed by atoms with E-state index >= 15 is 0 Å². The molecule has 0 saturated carbocycles. The van der Waals surface area contributed by atoms with Crippen molar-refractivity contribution in [2.24, 2.45) is 0 Å². The Morgan fingerprint density at radius 3 is 1.84 bits per heavy atom. The molecule has 2 rings (SSSR count). The molecule has 3 nitrogen and oxygen atoms in total. The highest BCUT2D eigenvalue weighted by Crippen LogP contribution is 2.47. The third-order valence-electron chi connectivity index (χ3n) is 3.39. The van der Waals surface area contributed by atoms with Crippen LogP contribution in [0.3, 0.4) is 0 Å². The molecule has 0 spiro atoms. The van der Waals surface area contributed by atoms with E-state index in [1.807, 2.05) is 44.2 Å². The molecular formula is C16H18O3. The van der Waals surface area contributed by atoms with Crippen LogP contribution >= 0.6 is 0 Å². The van der Waals surface area contributed by atoms with Gasteiger partial charge in [-0.25, -0.2) is 0 Å². The molecule has 0 aliphatic rings. The first-order valence-electron chi connectivity index (χ1n) is 6.45. The summed E-state index contributed by atoms with van der Waals surface area (Å²) in [7, 11) is 0. The van der Waals surface area contributed by atoms with Gasteiger partial charge in [-0.05, 0) is 18.4 Å². The predicted octanol–water partition coefficient (Wildman–Crippen LogP) is 3.60. The Labute approximate surface area is 112 Å². The normalized spacial score (nSPS) is 10.6. The van der Waals surface area contributed by atoms with Gasteiger partial charge in [0.2, 0.25) is 0 Å². The van der Waals surface area contributed by atoms with Crippen molar-refractivity contribution in [3.8, 4) is 28.4 Å². The smallest absolute Gasteiger partial charge is 0.166 e. The second-order valence-corrected chi connectivity index (χ2v) is 4.45. The summed E-state index contributed by atoms with van der Waals surface area (Å²) in [6.07, 6.45) is 1.05. The lowest BCUT2D eigenvalue weighted by Crippen LogP contribution is -1.95. The number of rotatable bonds is 3. The van der Waals surface area contributed by atoms with Crippen LogP contribution in [0.1, 0.15) is 25.0 Å². The van der Waals surface area contributed by atoms with Crippen molar-refractivity contribution in [3.05, 3.63) is 41.5 Å². The van der Waals surface area contributed by atoms with Gasteiger partial charge < -0.3 is 15.3 Å². The average Bonchev–Trinajstić information content (AvgIpc) is 2.44. The van der Waals surface area contributed by atoms with Crippen molar-refractivity contribution in [1.29, 1.82) is 0 Å². The molecule has 2 aromatic carbocycles. The minimum Gasteiger partial charge on any atom is -0.507 e. The number of hydrogen-bond donors (Lipinski definition) is 3. The molecule has 0 radical (unpaired) electrons. The summed E-state index contributed by atoms with van der Waals surface area (Å²) in [6.45, 7) is 3.74. The molecule has 0 saturated heterocycles. The number of aromatic hydroxyl groups is 3. The van der Waals surface area contributed by atoms with Crippen molar-refractivity contribution >= 4 is 0 Å². The van der Waals surface area contributed by atoms with Crippen molar-refractivity contribution in [2.75, 3.05) is 0 Å². The van der Waals surface area contributed by atoms with Crippen LogP contribution in [0.25, 0.3) is 11.1 Å². The minimum absolute atomic E-state index is 0.0825. The second-order valence-electron chi connectivity index (χ2n) is 4.45.